The van der Waals surface area contributed by atoms with Gasteiger partial charge in [0, 0.05) is 19.3 Å². The van der Waals surface area contributed by atoms with Gasteiger partial charge in [0.05, 0.1) is 0 Å². The molecule has 0 fully saturated rings. The second-order valence-corrected chi connectivity index (χ2v) is 19.5. The third kappa shape index (κ3) is 58.6. The van der Waals surface area contributed by atoms with E-state index >= 15 is 0 Å². The highest BCUT2D eigenvalue weighted by Gasteiger charge is 2.19. The number of esters is 3. The fourth-order valence-corrected chi connectivity index (χ4v) is 7.96. The molecule has 6 nitrogen and oxygen atoms in total. The van der Waals surface area contributed by atoms with E-state index in [-0.39, 0.29) is 31.1 Å². The van der Waals surface area contributed by atoms with Gasteiger partial charge in [-0.2, -0.15) is 0 Å². The van der Waals surface area contributed by atoms with Crippen LogP contribution in [0.25, 0.3) is 0 Å². The topological polar surface area (TPSA) is 78.9 Å². The summed E-state index contributed by atoms with van der Waals surface area (Å²) in [6.45, 7) is 6.41. The molecular weight excluding hydrogens is 901 g/mol. The number of rotatable bonds is 53. The first kappa shape index (κ1) is 68.8. The van der Waals surface area contributed by atoms with Crippen molar-refractivity contribution in [3.05, 3.63) is 122 Å². The third-order valence-electron chi connectivity index (χ3n) is 12.5. The average molecular weight is 1010 g/mol. The van der Waals surface area contributed by atoms with Crippen molar-refractivity contribution in [2.75, 3.05) is 13.2 Å². The SMILES string of the molecule is CC/C=C\C/C=C\C/C=C\C/C=C\C/C=C\C/C=C\C/C=C\CCCCCCCCCC(=O)OCC(COC(=O)CCCCCCC)OC(=O)CCCCCCCC/C=C\C/C=C\C/C=C\CCCCCCC. The molecule has 0 spiro atoms. The Bertz CT molecular complexity index is 1540. The first-order valence-electron chi connectivity index (χ1n) is 30.0. The summed E-state index contributed by atoms with van der Waals surface area (Å²) in [4.78, 5) is 37.9. The first-order valence-corrected chi connectivity index (χ1v) is 30.0. The standard InChI is InChI=1S/C67H110O6/c1-4-7-10-13-15-17-19-21-23-25-27-29-30-31-32-33-34-35-36-38-39-41-43-45-47-49-51-54-57-60-66(69)72-63-64(62-71-65(68)59-56-53-12-9-6-3)73-67(70)61-58-55-52-50-48-46-44-42-40-37-28-26-24-22-20-18-16-14-11-8-5-2/h7,10,15,17,20-23,26-29,31-32,34-35,38-40,42,64H,4-6,8-9,11-14,16,18-19,24-25,30,33,36-37,41,43-63H2,1-3H3/b10-7-,17-15-,22-20-,23-21-,28-26-,29-27-,32-31-,35-34-,39-38-,42-40-. The molecule has 0 aliphatic rings. The molecule has 0 aliphatic carbocycles. The highest BCUT2D eigenvalue weighted by Crippen LogP contribution is 2.14. The van der Waals surface area contributed by atoms with Crippen LogP contribution < -0.4 is 0 Å². The molecule has 0 aromatic rings. The van der Waals surface area contributed by atoms with Gasteiger partial charge in [-0.05, 0) is 116 Å². The predicted molar refractivity (Wildman–Crippen MR) is 316 cm³/mol. The summed E-state index contributed by atoms with van der Waals surface area (Å²) in [6.07, 6.45) is 83.8. The molecule has 1 atom stereocenters. The van der Waals surface area contributed by atoms with Gasteiger partial charge in [0.1, 0.15) is 13.2 Å². The summed E-state index contributed by atoms with van der Waals surface area (Å²) in [6, 6.07) is 0. The van der Waals surface area contributed by atoms with Crippen molar-refractivity contribution in [2.45, 2.75) is 271 Å². The molecule has 0 aromatic carbocycles. The summed E-state index contributed by atoms with van der Waals surface area (Å²) >= 11 is 0. The van der Waals surface area contributed by atoms with Crippen LogP contribution in [-0.4, -0.2) is 37.2 Å². The van der Waals surface area contributed by atoms with E-state index in [0.717, 1.165) is 148 Å². The van der Waals surface area contributed by atoms with E-state index in [1.54, 1.807) is 0 Å². The van der Waals surface area contributed by atoms with Crippen LogP contribution in [0.2, 0.25) is 0 Å². The zero-order chi connectivity index (χ0) is 52.9. The molecule has 414 valence electrons. The lowest BCUT2D eigenvalue weighted by molar-refractivity contribution is -0.167. The number of carbonyl (C=O) groups is 3. The molecule has 0 heterocycles. The minimum Gasteiger partial charge on any atom is -0.462 e. The van der Waals surface area contributed by atoms with Crippen molar-refractivity contribution >= 4 is 17.9 Å². The first-order chi connectivity index (χ1) is 36.0. The van der Waals surface area contributed by atoms with Gasteiger partial charge < -0.3 is 14.2 Å². The van der Waals surface area contributed by atoms with Gasteiger partial charge in [0.25, 0.3) is 0 Å². The maximum absolute atomic E-state index is 12.8. The highest BCUT2D eigenvalue weighted by molar-refractivity contribution is 5.71. The lowest BCUT2D eigenvalue weighted by Gasteiger charge is -2.18. The minimum absolute atomic E-state index is 0.0898. The Balaban J connectivity index is 4.16. The molecule has 0 bridgehead atoms. The summed E-state index contributed by atoms with van der Waals surface area (Å²) < 4.78 is 16.7. The molecule has 0 amide bonds. The summed E-state index contributed by atoms with van der Waals surface area (Å²) in [7, 11) is 0. The summed E-state index contributed by atoms with van der Waals surface area (Å²) in [5.41, 5.74) is 0. The zero-order valence-corrected chi connectivity index (χ0v) is 47.4. The molecule has 1 unspecified atom stereocenters. The monoisotopic (exact) mass is 1010 g/mol. The molecule has 0 saturated heterocycles. The summed E-state index contributed by atoms with van der Waals surface area (Å²) in [5, 5.41) is 0. The van der Waals surface area contributed by atoms with Crippen molar-refractivity contribution in [1.29, 1.82) is 0 Å². The van der Waals surface area contributed by atoms with Crippen LogP contribution in [0.15, 0.2) is 122 Å². The second kappa shape index (κ2) is 60.4. The van der Waals surface area contributed by atoms with Gasteiger partial charge >= 0.3 is 17.9 Å². The minimum atomic E-state index is -0.790. The van der Waals surface area contributed by atoms with Crippen LogP contribution in [0.4, 0.5) is 0 Å². The van der Waals surface area contributed by atoms with E-state index in [1.807, 2.05) is 0 Å². The van der Waals surface area contributed by atoms with Crippen molar-refractivity contribution in [3.8, 4) is 0 Å². The molecule has 6 heteroatoms. The molecule has 0 radical (unpaired) electrons. The number of carbonyl (C=O) groups excluding carboxylic acids is 3. The number of ether oxygens (including phenoxy) is 3. The Morgan fingerprint density at radius 3 is 0.836 bits per heavy atom. The summed E-state index contributed by atoms with van der Waals surface area (Å²) in [5.74, 6) is -0.929. The Hall–Kier alpha value is -4.19. The second-order valence-electron chi connectivity index (χ2n) is 19.5. The fraction of sp³-hybridized carbons (Fsp3) is 0.657. The number of hydrogen-bond acceptors (Lipinski definition) is 6. The molecule has 0 N–H and O–H groups in total. The normalized spacial score (nSPS) is 13.0. The van der Waals surface area contributed by atoms with Crippen LogP contribution >= 0.6 is 0 Å². The molecule has 0 saturated carbocycles. The number of unbranched alkanes of at least 4 members (excludes halogenated alkanes) is 22. The molecule has 0 rings (SSSR count). The van der Waals surface area contributed by atoms with Gasteiger partial charge in [-0.1, -0.05) is 251 Å². The maximum Gasteiger partial charge on any atom is 0.306 e. The Morgan fingerprint density at radius 1 is 0.288 bits per heavy atom. The van der Waals surface area contributed by atoms with Crippen LogP contribution in [0, 0.1) is 0 Å². The largest absolute Gasteiger partial charge is 0.462 e. The van der Waals surface area contributed by atoms with Crippen molar-refractivity contribution < 1.29 is 28.6 Å². The van der Waals surface area contributed by atoms with Crippen molar-refractivity contribution in [2.24, 2.45) is 0 Å². The lowest BCUT2D eigenvalue weighted by Crippen LogP contribution is -2.30. The van der Waals surface area contributed by atoms with Gasteiger partial charge in [0.15, 0.2) is 6.10 Å². The molecule has 0 aromatic heterocycles. The van der Waals surface area contributed by atoms with Crippen LogP contribution in [-0.2, 0) is 28.6 Å². The van der Waals surface area contributed by atoms with E-state index in [4.69, 9.17) is 14.2 Å². The Morgan fingerprint density at radius 2 is 0.534 bits per heavy atom. The maximum atomic E-state index is 12.8. The van der Waals surface area contributed by atoms with E-state index < -0.39 is 6.10 Å². The zero-order valence-electron chi connectivity index (χ0n) is 47.4. The van der Waals surface area contributed by atoms with Crippen LogP contribution in [0.5, 0.6) is 0 Å². The van der Waals surface area contributed by atoms with Crippen LogP contribution in [0.1, 0.15) is 265 Å². The predicted octanol–water partition coefficient (Wildman–Crippen LogP) is 20.4. The van der Waals surface area contributed by atoms with E-state index in [0.29, 0.717) is 19.3 Å². The fourth-order valence-electron chi connectivity index (χ4n) is 7.96. The van der Waals surface area contributed by atoms with E-state index in [9.17, 15) is 14.4 Å². The highest BCUT2D eigenvalue weighted by atomic mass is 16.6. The van der Waals surface area contributed by atoms with E-state index in [2.05, 4.69) is 142 Å². The third-order valence-corrected chi connectivity index (χ3v) is 12.5. The number of hydrogen-bond donors (Lipinski definition) is 0. The van der Waals surface area contributed by atoms with E-state index in [1.165, 1.54) is 77.0 Å². The average Bonchev–Trinajstić information content (AvgIpc) is 3.39. The lowest BCUT2D eigenvalue weighted by atomic mass is 10.1. The smallest absolute Gasteiger partial charge is 0.306 e. The van der Waals surface area contributed by atoms with Gasteiger partial charge in [-0.15, -0.1) is 0 Å². The van der Waals surface area contributed by atoms with Gasteiger partial charge in [-0.3, -0.25) is 14.4 Å². The molecule has 0 aliphatic heterocycles. The molecule has 73 heavy (non-hydrogen) atoms. The molecular formula is C67H110O6. The quantitative estimate of drug-likeness (QED) is 0.0261. The Labute approximate surface area is 450 Å². The van der Waals surface area contributed by atoms with Gasteiger partial charge in [-0.25, -0.2) is 0 Å². The van der Waals surface area contributed by atoms with Crippen LogP contribution in [0.3, 0.4) is 0 Å². The van der Waals surface area contributed by atoms with Gasteiger partial charge in [0.2, 0.25) is 0 Å². The van der Waals surface area contributed by atoms with Crippen molar-refractivity contribution in [1.82, 2.24) is 0 Å². The number of allylic oxidation sites excluding steroid dienone is 20. The van der Waals surface area contributed by atoms with Crippen molar-refractivity contribution in [3.63, 3.8) is 0 Å². The Kier molecular flexibility index (Phi) is 56.9.